The summed E-state index contributed by atoms with van der Waals surface area (Å²) in [6, 6.07) is 0.824. The van der Waals surface area contributed by atoms with Gasteiger partial charge in [0.05, 0.1) is 0 Å². The second-order valence-corrected chi connectivity index (χ2v) is 40.4. The van der Waals surface area contributed by atoms with Crippen molar-refractivity contribution >= 4 is 80.3 Å². The number of rotatable bonds is 44. The van der Waals surface area contributed by atoms with Gasteiger partial charge < -0.3 is 93.5 Å². The van der Waals surface area contributed by atoms with Crippen molar-refractivity contribution in [3.05, 3.63) is 0 Å². The van der Waals surface area contributed by atoms with Gasteiger partial charge >= 0.3 is 80.3 Å². The van der Waals surface area contributed by atoms with Gasteiger partial charge in [-0.15, -0.1) is 0 Å². The van der Waals surface area contributed by atoms with Crippen molar-refractivity contribution in [2.75, 3.05) is 120 Å². The van der Waals surface area contributed by atoms with Crippen LogP contribution in [0, 0.1) is 0 Å². The van der Waals surface area contributed by atoms with Crippen LogP contribution in [0.2, 0.25) is 37.3 Å². The molecular weight excluding hydrogens is 1140 g/mol. The highest BCUT2D eigenvalue weighted by Gasteiger charge is 2.49. The Morgan fingerprint density at radius 1 is 0.310 bits per heavy atom. The molecule has 0 saturated carbocycles. The Morgan fingerprint density at radius 3 is 0.746 bits per heavy atom. The van der Waals surface area contributed by atoms with Crippen LogP contribution in [0.15, 0.2) is 0 Å². The zero-order chi connectivity index (χ0) is 55.2. The van der Waals surface area contributed by atoms with Crippen LogP contribution in [0.1, 0.15) is 44.9 Å². The predicted molar refractivity (Wildman–Crippen MR) is 269 cm³/mol. The lowest BCUT2D eigenvalue weighted by Crippen LogP contribution is -2.54. The Balaban J connectivity index is 5.65. The molecular formula is C31H82N4O26P6Si4. The van der Waals surface area contributed by atoms with Gasteiger partial charge in [0.1, 0.15) is 37.7 Å². The molecule has 71 heavy (non-hydrogen) atoms. The molecule has 0 spiro atoms. The highest BCUT2D eigenvalue weighted by Crippen LogP contribution is 2.43. The molecule has 30 nitrogen and oxygen atoms in total. The van der Waals surface area contributed by atoms with Crippen LogP contribution in [0.25, 0.3) is 0 Å². The van der Waals surface area contributed by atoms with Gasteiger partial charge in [-0.05, 0) is 103 Å². The van der Waals surface area contributed by atoms with Crippen molar-refractivity contribution in [3.8, 4) is 0 Å². The highest BCUT2D eigenvalue weighted by atomic mass is 31.2. The molecule has 40 heteroatoms. The maximum atomic E-state index is 12.1. The van der Waals surface area contributed by atoms with Crippen molar-refractivity contribution < 1.29 is 121 Å². The fraction of sp³-hybridized carbons (Fsp3) is 1.00. The summed E-state index contributed by atoms with van der Waals surface area (Å²) < 4.78 is 118. The molecule has 0 bridgehead atoms. The normalized spacial score (nSPS) is 15.9. The third-order valence-electron chi connectivity index (χ3n) is 10.7. The fourth-order valence-electron chi connectivity index (χ4n) is 7.47. The zero-order valence-corrected chi connectivity index (χ0v) is 51.2. The van der Waals surface area contributed by atoms with Gasteiger partial charge in [-0.1, -0.05) is 6.42 Å². The summed E-state index contributed by atoms with van der Waals surface area (Å²) in [5.74, 6) is 0. The molecule has 0 aliphatic heterocycles. The van der Waals surface area contributed by atoms with E-state index in [0.717, 1.165) is 9.80 Å². The van der Waals surface area contributed by atoms with Crippen LogP contribution in [0.3, 0.4) is 0 Å². The number of hydrogen-bond acceptors (Lipinski definition) is 18. The van der Waals surface area contributed by atoms with E-state index in [-0.39, 0.29) is 76.3 Å². The summed E-state index contributed by atoms with van der Waals surface area (Å²) in [5, 5.41) is 0. The van der Waals surface area contributed by atoms with Crippen molar-refractivity contribution in [3.63, 3.8) is 0 Å². The molecule has 0 rings (SSSR count). The lowest BCUT2D eigenvalue weighted by molar-refractivity contribution is 0.132. The molecule has 0 aromatic heterocycles. The first kappa shape index (κ1) is 72.3. The highest BCUT2D eigenvalue weighted by molar-refractivity contribution is 7.53. The third kappa shape index (κ3) is 36.2. The van der Waals surface area contributed by atoms with Crippen LogP contribution < -0.4 is 0 Å². The molecule has 2 atom stereocenters. The van der Waals surface area contributed by atoms with Crippen LogP contribution in [0.5, 0.6) is 0 Å². The predicted octanol–water partition coefficient (Wildman–Crippen LogP) is 1.67. The number of nitrogens with zero attached hydrogens (tertiary/aromatic N) is 4. The van der Waals surface area contributed by atoms with E-state index in [0.29, 0.717) is 32.1 Å². The van der Waals surface area contributed by atoms with Gasteiger partial charge in [-0.2, -0.15) is 0 Å². The lowest BCUT2D eigenvalue weighted by atomic mass is 10.2. The summed E-state index contributed by atoms with van der Waals surface area (Å²) in [6.45, 7) is 4.11. The molecule has 0 aromatic carbocycles. The van der Waals surface area contributed by atoms with Crippen molar-refractivity contribution in [1.29, 1.82) is 0 Å². The van der Waals surface area contributed by atoms with Crippen LogP contribution in [-0.2, 0) is 62.2 Å². The Kier molecular flexibility index (Phi) is 33.0. The minimum absolute atomic E-state index is 0.0936. The first-order valence-corrected chi connectivity index (χ1v) is 41.8. The van der Waals surface area contributed by atoms with E-state index in [1.54, 1.807) is 22.9 Å². The first-order valence-electron chi connectivity index (χ1n) is 22.1. The molecule has 0 aromatic rings. The SMILES string of the molecule is CO[Si](C)(CCCN(CP(=O)(O)O)CP(=O)(O)O)O[Si](CCCN(CCCCCN(CCC[Si](OC)(OC)O[Si](C)(CCCN(CP(=O)(O)O)CP(=O)(O)O)OC)CP(=O)(O)O)CP(=O)(O)O)(OC)OC. The summed E-state index contributed by atoms with van der Waals surface area (Å²) in [5.41, 5.74) is 0. The summed E-state index contributed by atoms with van der Waals surface area (Å²) in [4.78, 5) is 120. The van der Waals surface area contributed by atoms with Crippen LogP contribution >= 0.6 is 45.6 Å². The van der Waals surface area contributed by atoms with Crippen molar-refractivity contribution in [2.45, 2.75) is 82.2 Å². The quantitative estimate of drug-likeness (QED) is 0.0234. The Morgan fingerprint density at radius 2 is 0.521 bits per heavy atom. The van der Waals surface area contributed by atoms with E-state index in [1.807, 2.05) is 0 Å². The van der Waals surface area contributed by atoms with E-state index < -0.39 is 118 Å². The van der Waals surface area contributed by atoms with E-state index in [2.05, 4.69) is 0 Å². The molecule has 0 heterocycles. The molecule has 0 aliphatic rings. The smallest absolute Gasteiger partial charge is 0.398 e. The molecule has 0 fully saturated rings. The number of hydrogen-bond donors (Lipinski definition) is 12. The van der Waals surface area contributed by atoms with Gasteiger partial charge in [-0.3, -0.25) is 47.0 Å². The third-order valence-corrected chi connectivity index (χ3v) is 30.0. The molecule has 0 radical (unpaired) electrons. The van der Waals surface area contributed by atoms with E-state index in [4.69, 9.17) is 34.8 Å². The minimum atomic E-state index is -4.64. The van der Waals surface area contributed by atoms with Gasteiger partial charge in [0.25, 0.3) is 0 Å². The van der Waals surface area contributed by atoms with Crippen LogP contribution in [0.4, 0.5) is 0 Å². The molecule has 2 unspecified atom stereocenters. The largest absolute Gasteiger partial charge is 0.491 e. The van der Waals surface area contributed by atoms with E-state index in [1.165, 1.54) is 42.7 Å². The molecule has 0 aliphatic carbocycles. The van der Waals surface area contributed by atoms with Crippen LogP contribution in [-0.4, -0.2) is 233 Å². The van der Waals surface area contributed by atoms with Gasteiger partial charge in [0, 0.05) is 54.7 Å². The Hall–Kier alpha value is 1.29. The zero-order valence-electron chi connectivity index (χ0n) is 41.8. The second kappa shape index (κ2) is 32.4. The average Bonchev–Trinajstić information content (AvgIpc) is 3.19. The second-order valence-electron chi connectivity index (χ2n) is 17.4. The molecule has 428 valence electrons. The lowest BCUT2D eigenvalue weighted by Gasteiger charge is -2.36. The maximum Gasteiger partial charge on any atom is 0.491 e. The van der Waals surface area contributed by atoms with Crippen molar-refractivity contribution in [1.82, 2.24) is 19.6 Å². The monoisotopic (exact) mass is 1220 g/mol. The topological polar surface area (TPSA) is 432 Å². The van der Waals surface area contributed by atoms with Gasteiger partial charge in [0.2, 0.25) is 0 Å². The Labute approximate surface area is 421 Å². The van der Waals surface area contributed by atoms with E-state index in [9.17, 15) is 86.1 Å². The first-order chi connectivity index (χ1) is 32.2. The summed E-state index contributed by atoms with van der Waals surface area (Å²) in [7, 11) is -32.6. The average molecular weight is 1230 g/mol. The fourth-order valence-corrected chi connectivity index (χ4v) is 25.7. The molecule has 0 saturated heterocycles. The van der Waals surface area contributed by atoms with Gasteiger partial charge in [-0.25, -0.2) is 0 Å². The maximum absolute atomic E-state index is 12.1. The van der Waals surface area contributed by atoms with E-state index >= 15 is 0 Å². The minimum Gasteiger partial charge on any atom is -0.398 e. The number of unbranched alkanes of at least 4 members (excludes halogenated alkanes) is 2. The standard InChI is InChI=1S/C31H82N4O26P6Si4/c1-54-68(7,22-12-20-34(28-64(42,43)44)29-65(45,46)47)60-70(56-3,57-4)24-14-18-32(26-62(36,37)38)16-10-9-11-17-33(27-63(39,40)41)19-15-25-71(58-5,59-6)61-69(8,55-2)23-13-21-35(30-66(48,49)50)31-67(51,52)53/h9-31H2,1-8H3,(H2,36,37,38)(H2,39,40,41)(H2,42,43,44)(H2,45,46,47)(H2,48,49,50)(H2,51,52,53). The summed E-state index contributed by atoms with van der Waals surface area (Å²) >= 11 is 0. The Bertz CT molecular complexity index is 1650. The molecule has 12 N–H and O–H groups in total. The van der Waals surface area contributed by atoms with Gasteiger partial charge in [0.15, 0.2) is 0 Å². The summed E-state index contributed by atoms with van der Waals surface area (Å²) in [6.07, 6.45) is -2.16. The molecule has 0 amide bonds. The van der Waals surface area contributed by atoms with Crippen molar-refractivity contribution in [2.24, 2.45) is 0 Å².